The summed E-state index contributed by atoms with van der Waals surface area (Å²) in [4.78, 5) is 0. The largest absolute Gasteiger partial charge is 4.00 e. The van der Waals surface area contributed by atoms with Gasteiger partial charge in [-0.1, -0.05) is 0 Å². The standard InChI is InChI=1S/C5H5.CH3.2BrH.Hf/c1-2-4-5-3-1;;;;/h1-5H;1H3;2*1H;/q2*-1;;;+4/p-2. The first-order valence-electron chi connectivity index (χ1n) is 1.67. The van der Waals surface area contributed by atoms with E-state index in [0.29, 0.717) is 0 Å². The molecule has 0 saturated carbocycles. The molecule has 0 unspecified atom stereocenters. The van der Waals surface area contributed by atoms with E-state index in [1.807, 2.05) is 30.3 Å². The van der Waals surface area contributed by atoms with E-state index < -0.39 is 0 Å². The molecule has 1 aromatic rings. The van der Waals surface area contributed by atoms with E-state index in [-0.39, 0.29) is 67.2 Å². The Labute approximate surface area is 96.7 Å². The fourth-order valence-electron chi connectivity index (χ4n) is 0.321. The first-order valence-corrected chi connectivity index (χ1v) is 1.67. The van der Waals surface area contributed by atoms with Gasteiger partial charge in [0.25, 0.3) is 0 Å². The molecular formula is C6H8Br2Hf. The van der Waals surface area contributed by atoms with Crippen LogP contribution in [0.5, 0.6) is 0 Å². The summed E-state index contributed by atoms with van der Waals surface area (Å²) in [5.74, 6) is 0. The van der Waals surface area contributed by atoms with Gasteiger partial charge in [-0.3, -0.25) is 0 Å². The quantitative estimate of drug-likeness (QED) is 0.297. The molecule has 0 heterocycles. The number of rotatable bonds is 0. The number of hydrogen-bond donors (Lipinski definition) is 0. The molecule has 1 aromatic carbocycles. The first kappa shape index (κ1) is 22.5. The molecule has 0 saturated heterocycles. The van der Waals surface area contributed by atoms with Gasteiger partial charge in [-0.05, 0) is 0 Å². The number of halogens is 2. The van der Waals surface area contributed by atoms with Gasteiger partial charge in [-0.2, -0.15) is 18.2 Å². The van der Waals surface area contributed by atoms with E-state index in [0.717, 1.165) is 0 Å². The van der Waals surface area contributed by atoms with E-state index in [2.05, 4.69) is 0 Å². The molecule has 3 heteroatoms. The second-order valence-corrected chi connectivity index (χ2v) is 0.962. The molecule has 0 aliphatic heterocycles. The van der Waals surface area contributed by atoms with Crippen molar-refractivity contribution in [1.82, 2.24) is 0 Å². The van der Waals surface area contributed by atoms with Crippen molar-refractivity contribution in [3.8, 4) is 0 Å². The second kappa shape index (κ2) is 16.1. The van der Waals surface area contributed by atoms with Crippen LogP contribution in [0.25, 0.3) is 0 Å². The van der Waals surface area contributed by atoms with Crippen LogP contribution in [0.15, 0.2) is 30.3 Å². The van der Waals surface area contributed by atoms with Crippen LogP contribution in [-0.4, -0.2) is 0 Å². The molecule has 0 N–H and O–H groups in total. The summed E-state index contributed by atoms with van der Waals surface area (Å²) in [5.41, 5.74) is 0. The van der Waals surface area contributed by atoms with Gasteiger partial charge >= 0.3 is 25.8 Å². The molecule has 0 radical (unpaired) electrons. The van der Waals surface area contributed by atoms with Crippen molar-refractivity contribution in [2.24, 2.45) is 0 Å². The molecule has 1 rings (SSSR count). The van der Waals surface area contributed by atoms with Crippen LogP contribution in [0.2, 0.25) is 0 Å². The summed E-state index contributed by atoms with van der Waals surface area (Å²) in [6.07, 6.45) is 0. The average Bonchev–Trinajstić information content (AvgIpc) is 1.76. The summed E-state index contributed by atoms with van der Waals surface area (Å²) in [6, 6.07) is 10.0. The molecule has 0 bridgehead atoms. The zero-order valence-electron chi connectivity index (χ0n) is 5.14. The Morgan fingerprint density at radius 2 is 1.22 bits per heavy atom. The maximum Gasteiger partial charge on any atom is 4.00 e. The second-order valence-electron chi connectivity index (χ2n) is 0.962. The van der Waals surface area contributed by atoms with Gasteiger partial charge in [0.2, 0.25) is 0 Å². The van der Waals surface area contributed by atoms with Crippen molar-refractivity contribution in [3.05, 3.63) is 37.8 Å². The molecule has 0 nitrogen and oxygen atoms in total. The fourth-order valence-corrected chi connectivity index (χ4v) is 0.321. The smallest absolute Gasteiger partial charge is 1.00 e. The first-order chi connectivity index (χ1) is 2.50. The Balaban J connectivity index is -0.0000000312. The van der Waals surface area contributed by atoms with Gasteiger partial charge in [-0.15, -0.1) is 0 Å². The minimum absolute atomic E-state index is 0. The molecule has 0 atom stereocenters. The maximum atomic E-state index is 2.00. The van der Waals surface area contributed by atoms with Gasteiger partial charge < -0.3 is 41.4 Å². The summed E-state index contributed by atoms with van der Waals surface area (Å²) < 4.78 is 0. The summed E-state index contributed by atoms with van der Waals surface area (Å²) >= 11 is 0. The molecule has 0 aliphatic rings. The Hall–Kier alpha value is 1.18. The summed E-state index contributed by atoms with van der Waals surface area (Å²) in [6.45, 7) is 0. The van der Waals surface area contributed by atoms with Crippen molar-refractivity contribution in [2.75, 3.05) is 0 Å². The number of hydrogen-bond acceptors (Lipinski definition) is 0. The zero-order chi connectivity index (χ0) is 3.54. The molecule has 0 amide bonds. The molecule has 9 heavy (non-hydrogen) atoms. The minimum atomic E-state index is 0. The third kappa shape index (κ3) is 12.4. The molecule has 0 fully saturated rings. The summed E-state index contributed by atoms with van der Waals surface area (Å²) in [5, 5.41) is 0. The van der Waals surface area contributed by atoms with E-state index in [1.165, 1.54) is 0 Å². The van der Waals surface area contributed by atoms with Crippen molar-refractivity contribution >= 4 is 0 Å². The maximum absolute atomic E-state index is 2.00. The van der Waals surface area contributed by atoms with Crippen LogP contribution < -0.4 is 34.0 Å². The van der Waals surface area contributed by atoms with Gasteiger partial charge in [-0.25, -0.2) is 12.1 Å². The van der Waals surface area contributed by atoms with Crippen LogP contribution in [-0.2, 0) is 25.8 Å². The zero-order valence-corrected chi connectivity index (χ0v) is 11.9. The molecule has 50 valence electrons. The molecule has 0 spiro atoms. The van der Waals surface area contributed by atoms with Gasteiger partial charge in [0, 0.05) is 0 Å². The van der Waals surface area contributed by atoms with Crippen LogP contribution in [0, 0.1) is 7.43 Å². The predicted octanol–water partition coefficient (Wildman–Crippen LogP) is -4.14. The molecule has 0 aromatic heterocycles. The van der Waals surface area contributed by atoms with Gasteiger partial charge in [0.15, 0.2) is 0 Å². The SMILES string of the molecule is [Br-].[Br-].[CH3-].[Hf+4].c1cc[cH-]c1. The topological polar surface area (TPSA) is 0 Å². The van der Waals surface area contributed by atoms with Gasteiger partial charge in [0.1, 0.15) is 0 Å². The normalized spacial score (nSPS) is 4.44. The Morgan fingerprint density at radius 1 is 0.889 bits per heavy atom. The third-order valence-corrected chi connectivity index (χ3v) is 0.556. The van der Waals surface area contributed by atoms with E-state index >= 15 is 0 Å². The van der Waals surface area contributed by atoms with Crippen LogP contribution in [0.1, 0.15) is 0 Å². The molecular weight excluding hydrogens is 410 g/mol. The van der Waals surface area contributed by atoms with Crippen molar-refractivity contribution < 1.29 is 59.8 Å². The third-order valence-electron chi connectivity index (χ3n) is 0.556. The van der Waals surface area contributed by atoms with Crippen LogP contribution in [0.3, 0.4) is 0 Å². The van der Waals surface area contributed by atoms with Crippen molar-refractivity contribution in [2.45, 2.75) is 0 Å². The van der Waals surface area contributed by atoms with E-state index in [9.17, 15) is 0 Å². The molecule has 0 aliphatic carbocycles. The Morgan fingerprint density at radius 3 is 1.33 bits per heavy atom. The van der Waals surface area contributed by atoms with Crippen LogP contribution in [0.4, 0.5) is 0 Å². The van der Waals surface area contributed by atoms with Crippen molar-refractivity contribution in [1.29, 1.82) is 0 Å². The predicted molar refractivity (Wildman–Crippen MR) is 28.4 cm³/mol. The van der Waals surface area contributed by atoms with Crippen LogP contribution >= 0.6 is 0 Å². The van der Waals surface area contributed by atoms with E-state index in [1.54, 1.807) is 0 Å². The average molecular weight is 418 g/mol. The van der Waals surface area contributed by atoms with Crippen molar-refractivity contribution in [3.63, 3.8) is 0 Å². The Kier molecular flexibility index (Phi) is 40.1. The minimum Gasteiger partial charge on any atom is -1.00 e. The van der Waals surface area contributed by atoms with Gasteiger partial charge in [0.05, 0.1) is 0 Å². The van der Waals surface area contributed by atoms with E-state index in [4.69, 9.17) is 0 Å². The fraction of sp³-hybridized carbons (Fsp3) is 0. The summed E-state index contributed by atoms with van der Waals surface area (Å²) in [7, 11) is 0. The monoisotopic (exact) mass is 418 g/mol. The Bertz CT molecular complexity index is 67.5.